The van der Waals surface area contributed by atoms with Crippen molar-refractivity contribution in [2.45, 2.75) is 51.6 Å². The smallest absolute Gasteiger partial charge is 0.242 e. The Labute approximate surface area is 149 Å². The van der Waals surface area contributed by atoms with Crippen molar-refractivity contribution < 1.29 is 9.59 Å². The van der Waals surface area contributed by atoms with Crippen LogP contribution in [0.5, 0.6) is 0 Å². The molecule has 1 atom stereocenters. The topological polar surface area (TPSA) is 79.5 Å². The van der Waals surface area contributed by atoms with E-state index in [-0.39, 0.29) is 17.2 Å². The summed E-state index contributed by atoms with van der Waals surface area (Å²) in [5, 5.41) is 0. The number of hydrogen-bond acceptors (Lipinski definition) is 4. The van der Waals surface area contributed by atoms with Gasteiger partial charge in [0.25, 0.3) is 0 Å². The van der Waals surface area contributed by atoms with Crippen LogP contribution in [0.2, 0.25) is 0 Å². The lowest BCUT2D eigenvalue weighted by Crippen LogP contribution is -2.59. The lowest BCUT2D eigenvalue weighted by molar-refractivity contribution is -0.145. The summed E-state index contributed by atoms with van der Waals surface area (Å²) >= 11 is 0. The molecule has 3 rings (SSSR count). The number of amides is 2. The summed E-state index contributed by atoms with van der Waals surface area (Å²) in [5.74, 6) is 0.203. The summed E-state index contributed by atoms with van der Waals surface area (Å²) in [6.07, 6.45) is 6.95. The Morgan fingerprint density at radius 1 is 1.28 bits per heavy atom. The highest BCUT2D eigenvalue weighted by Crippen LogP contribution is 2.39. The maximum Gasteiger partial charge on any atom is 0.242 e. The van der Waals surface area contributed by atoms with Gasteiger partial charge in [0, 0.05) is 50.4 Å². The number of aromatic nitrogens is 1. The van der Waals surface area contributed by atoms with Crippen LogP contribution in [0.25, 0.3) is 0 Å². The fraction of sp³-hybridized carbons (Fsp3) is 0.632. The van der Waals surface area contributed by atoms with Crippen LogP contribution in [0.1, 0.15) is 45.1 Å². The average Bonchev–Trinajstić information content (AvgIpc) is 2.58. The Bertz CT molecular complexity index is 641. The van der Waals surface area contributed by atoms with Gasteiger partial charge in [-0.15, -0.1) is 0 Å². The molecule has 0 saturated carbocycles. The molecule has 2 fully saturated rings. The minimum absolute atomic E-state index is 0.0000996. The Hall–Kier alpha value is -1.95. The van der Waals surface area contributed by atoms with Crippen molar-refractivity contribution in [1.29, 1.82) is 0 Å². The van der Waals surface area contributed by atoms with Crippen molar-refractivity contribution in [2.24, 2.45) is 11.1 Å². The maximum absolute atomic E-state index is 12.6. The molecule has 6 nitrogen and oxygen atoms in total. The highest BCUT2D eigenvalue weighted by atomic mass is 16.2. The first-order valence-corrected chi connectivity index (χ1v) is 9.04. The first-order valence-electron chi connectivity index (χ1n) is 9.04. The van der Waals surface area contributed by atoms with Crippen LogP contribution in [-0.2, 0) is 16.1 Å². The molecule has 6 heteroatoms. The van der Waals surface area contributed by atoms with Crippen molar-refractivity contribution in [3.8, 4) is 0 Å². The van der Waals surface area contributed by atoms with E-state index in [1.165, 1.54) is 0 Å². The van der Waals surface area contributed by atoms with Gasteiger partial charge in [-0.05, 0) is 50.8 Å². The number of carbonyl (C=O) groups excluding carboxylic acids is 2. The van der Waals surface area contributed by atoms with Crippen molar-refractivity contribution in [1.82, 2.24) is 14.8 Å². The molecule has 25 heavy (non-hydrogen) atoms. The van der Waals surface area contributed by atoms with E-state index < -0.39 is 5.54 Å². The van der Waals surface area contributed by atoms with Crippen LogP contribution in [-0.4, -0.2) is 51.8 Å². The number of likely N-dealkylation sites (tertiary alicyclic amines) is 2. The molecule has 3 heterocycles. The highest BCUT2D eigenvalue weighted by molar-refractivity contribution is 5.85. The van der Waals surface area contributed by atoms with Gasteiger partial charge in [-0.25, -0.2) is 0 Å². The minimum atomic E-state index is -0.847. The van der Waals surface area contributed by atoms with Crippen molar-refractivity contribution in [2.75, 3.05) is 19.6 Å². The summed E-state index contributed by atoms with van der Waals surface area (Å²) in [6.45, 7) is 6.31. The fourth-order valence-corrected chi connectivity index (χ4v) is 4.08. The summed E-state index contributed by atoms with van der Waals surface area (Å²) in [7, 11) is 0. The molecule has 136 valence electrons. The van der Waals surface area contributed by atoms with E-state index >= 15 is 0 Å². The molecule has 2 N–H and O–H groups in total. The maximum atomic E-state index is 12.6. The molecule has 2 saturated heterocycles. The molecule has 1 aromatic heterocycles. The lowest BCUT2D eigenvalue weighted by Gasteiger charge is -2.49. The largest absolute Gasteiger partial charge is 0.340 e. The SMILES string of the molecule is CC(C)(N)C(=O)N1CCC[C@@]2(CCC(=O)N(Cc3ccncc3)C2)C1. The second-order valence-electron chi connectivity index (χ2n) is 8.16. The molecule has 0 unspecified atom stereocenters. The third-order valence-corrected chi connectivity index (χ3v) is 5.37. The van der Waals surface area contributed by atoms with E-state index in [1.807, 2.05) is 21.9 Å². The van der Waals surface area contributed by atoms with Gasteiger partial charge in [0.15, 0.2) is 0 Å². The lowest BCUT2D eigenvalue weighted by atomic mass is 9.73. The molecule has 2 aliphatic heterocycles. The van der Waals surface area contributed by atoms with Gasteiger partial charge >= 0.3 is 0 Å². The van der Waals surface area contributed by atoms with E-state index in [0.717, 1.165) is 31.4 Å². The quantitative estimate of drug-likeness (QED) is 0.902. The van der Waals surface area contributed by atoms with Crippen LogP contribution in [0, 0.1) is 5.41 Å². The molecule has 2 amide bonds. The van der Waals surface area contributed by atoms with Crippen LogP contribution < -0.4 is 5.73 Å². The second kappa shape index (κ2) is 6.75. The molecule has 0 radical (unpaired) electrons. The summed E-state index contributed by atoms with van der Waals surface area (Å²) < 4.78 is 0. The summed E-state index contributed by atoms with van der Waals surface area (Å²) in [4.78, 5) is 32.9. The molecular weight excluding hydrogens is 316 g/mol. The Kier molecular flexibility index (Phi) is 4.82. The molecule has 1 aromatic rings. The van der Waals surface area contributed by atoms with E-state index in [1.54, 1.807) is 26.2 Å². The number of pyridine rings is 1. The molecule has 2 aliphatic rings. The number of nitrogens with two attached hydrogens (primary N) is 1. The van der Waals surface area contributed by atoms with Gasteiger partial charge < -0.3 is 15.5 Å². The number of nitrogens with zero attached hydrogens (tertiary/aromatic N) is 3. The van der Waals surface area contributed by atoms with Gasteiger partial charge in [0.1, 0.15) is 0 Å². The normalized spacial score (nSPS) is 24.7. The van der Waals surface area contributed by atoms with E-state index in [9.17, 15) is 9.59 Å². The van der Waals surface area contributed by atoms with E-state index in [0.29, 0.717) is 26.1 Å². The highest BCUT2D eigenvalue weighted by Gasteiger charge is 2.44. The predicted molar refractivity (Wildman–Crippen MR) is 95.4 cm³/mol. The van der Waals surface area contributed by atoms with Gasteiger partial charge in [-0.2, -0.15) is 0 Å². The Morgan fingerprint density at radius 3 is 2.68 bits per heavy atom. The Morgan fingerprint density at radius 2 is 2.00 bits per heavy atom. The monoisotopic (exact) mass is 344 g/mol. The number of hydrogen-bond donors (Lipinski definition) is 1. The van der Waals surface area contributed by atoms with Gasteiger partial charge in [0.2, 0.25) is 11.8 Å². The zero-order chi connectivity index (χ0) is 18.1. The number of piperidine rings is 2. The first-order chi connectivity index (χ1) is 11.8. The standard InChI is InChI=1S/C19H28N4O2/c1-18(2,20)17(25)22-11-3-7-19(13-22)8-4-16(24)23(14-19)12-15-5-9-21-10-6-15/h5-6,9-10H,3-4,7-8,11-14,20H2,1-2H3/t19-/m1/s1. The summed E-state index contributed by atoms with van der Waals surface area (Å²) in [5.41, 5.74) is 6.26. The third-order valence-electron chi connectivity index (χ3n) is 5.37. The van der Waals surface area contributed by atoms with Crippen LogP contribution in [0.3, 0.4) is 0 Å². The Balaban J connectivity index is 1.72. The third kappa shape index (κ3) is 4.00. The van der Waals surface area contributed by atoms with Crippen molar-refractivity contribution in [3.05, 3.63) is 30.1 Å². The number of carbonyl (C=O) groups is 2. The second-order valence-corrected chi connectivity index (χ2v) is 8.16. The van der Waals surface area contributed by atoms with Crippen LogP contribution >= 0.6 is 0 Å². The van der Waals surface area contributed by atoms with Gasteiger partial charge in [0.05, 0.1) is 5.54 Å². The molecular formula is C19H28N4O2. The van der Waals surface area contributed by atoms with Crippen LogP contribution in [0.15, 0.2) is 24.5 Å². The zero-order valence-corrected chi connectivity index (χ0v) is 15.2. The van der Waals surface area contributed by atoms with Gasteiger partial charge in [-0.1, -0.05) is 0 Å². The number of rotatable bonds is 3. The molecule has 0 aromatic carbocycles. The molecule has 0 aliphatic carbocycles. The molecule has 0 bridgehead atoms. The summed E-state index contributed by atoms with van der Waals surface area (Å²) in [6, 6.07) is 3.89. The van der Waals surface area contributed by atoms with Crippen LogP contribution in [0.4, 0.5) is 0 Å². The average molecular weight is 344 g/mol. The first kappa shape index (κ1) is 17.9. The minimum Gasteiger partial charge on any atom is -0.340 e. The van der Waals surface area contributed by atoms with Crippen molar-refractivity contribution in [3.63, 3.8) is 0 Å². The predicted octanol–water partition coefficient (Wildman–Crippen LogP) is 1.55. The fourth-order valence-electron chi connectivity index (χ4n) is 4.08. The zero-order valence-electron chi connectivity index (χ0n) is 15.2. The van der Waals surface area contributed by atoms with Gasteiger partial charge in [-0.3, -0.25) is 14.6 Å². The molecule has 1 spiro atoms. The van der Waals surface area contributed by atoms with Crippen molar-refractivity contribution >= 4 is 11.8 Å². The van der Waals surface area contributed by atoms with E-state index in [2.05, 4.69) is 4.98 Å². The van der Waals surface area contributed by atoms with E-state index in [4.69, 9.17) is 5.73 Å².